The lowest BCUT2D eigenvalue weighted by Crippen LogP contribution is -2.16. The van der Waals surface area contributed by atoms with Crippen molar-refractivity contribution in [2.45, 2.75) is 38.5 Å². The number of hydrogen-bond donors (Lipinski definition) is 0. The van der Waals surface area contributed by atoms with Crippen molar-refractivity contribution in [2.24, 2.45) is 0 Å². The third kappa shape index (κ3) is 13.9. The Bertz CT molecular complexity index is 9290. The molecule has 0 bridgehead atoms. The Labute approximate surface area is 788 Å². The van der Waals surface area contributed by atoms with Crippen molar-refractivity contribution in [1.82, 2.24) is 9.13 Å². The zero-order valence-electron chi connectivity index (χ0n) is 91.4. The normalized spacial score (nSPS) is 14.7. The van der Waals surface area contributed by atoms with E-state index in [0.717, 1.165) is 150 Å². The SMILES string of the molecule is [2H]c1c([2H])c(N(c2ccc(-c3ccccc3-c3ccccc3)cc2)c2ccc3c(c2)C(C)(C)c2ccccc2-3)c([2H])c([2H])c1-c1ccc2c(c1)c1ccccc1n2-c1cccc(-c2ccccc2)c1.[2H]c1cc(-c2c([2H])c([2H])c([2H])c([2H])c2[2H])c(-c2c([2H])c([2H])c(N(c3ccc4c(c3)C(C)(C)c3ccccc3-4)c3c([2H])c([2H])c(-c4ccc5c(c4)c4ccccc4n5-c4cccc(-c5ccccc5)c4)c([2H])c3[2H])c([2H])c2[2H])c([2H])c1[2H]. The Morgan fingerprint density at radius 3 is 1.00 bits per heavy atom. The molecular weight excluding hydrogens is 1570 g/mol. The van der Waals surface area contributed by atoms with Gasteiger partial charge in [0.15, 0.2) is 0 Å². The summed E-state index contributed by atoms with van der Waals surface area (Å²) in [5.74, 6) is 0. The van der Waals surface area contributed by atoms with Gasteiger partial charge in [0, 0.05) is 77.9 Å². The van der Waals surface area contributed by atoms with Crippen LogP contribution in [0.3, 0.4) is 0 Å². The fourth-order valence-electron chi connectivity index (χ4n) is 19.3. The quantitative estimate of drug-likeness (QED) is 0.0959. The van der Waals surface area contributed by atoms with Gasteiger partial charge in [-0.15, -0.1) is 0 Å². The molecule has 0 fully saturated rings. The van der Waals surface area contributed by atoms with Gasteiger partial charge < -0.3 is 18.9 Å². The topological polar surface area (TPSA) is 16.3 Å². The van der Waals surface area contributed by atoms with Crippen LogP contribution in [0, 0.1) is 0 Å². The number of fused-ring (bicyclic) bond motifs is 12. The average Bonchev–Trinajstić information content (AvgIpc) is 1.41. The molecule has 0 amide bonds. The van der Waals surface area contributed by atoms with E-state index in [0.29, 0.717) is 11.1 Å². The van der Waals surface area contributed by atoms with Crippen molar-refractivity contribution in [3.63, 3.8) is 0 Å². The Morgan fingerprint density at radius 1 is 0.185 bits per heavy atom. The number of hydrogen-bond acceptors (Lipinski definition) is 2. The van der Waals surface area contributed by atoms with Crippen LogP contribution in [-0.4, -0.2) is 9.13 Å². The summed E-state index contributed by atoms with van der Waals surface area (Å²) in [5.41, 5.74) is 22.2. The second-order valence-corrected chi connectivity index (χ2v) is 33.9. The standard InChI is InChI=1S/2C63H46N2/c2*1-63(2)59-26-13-11-24-55(59)56-38-37-52(42-60(56)63)64(50-35-30-46(31-36-50)54-23-10-9-22-53(54)45-18-7-4-8-19-45)49-33-28-44(29-34-49)48-32-39-62-58(41-48)57-25-12-14-27-61(57)65(62)51-21-15-20-47(40-51)43-16-5-3-6-17-43/h2*3-42H,1-2H3/i4D,7D,8D,9D,10D,18D,19D,23D,28D,29D,30D,31D,33D,34D,35D,36D;28D,29D,33D,34D. The molecule has 2 aliphatic rings. The smallest absolute Gasteiger partial charge is 0.0645 e. The molecule has 4 heteroatoms. The highest BCUT2D eigenvalue weighted by molar-refractivity contribution is 6.12. The lowest BCUT2D eigenvalue weighted by Gasteiger charge is -2.28. The number of nitrogens with zero attached hydrogens (tertiary/aromatic N) is 4. The van der Waals surface area contributed by atoms with Gasteiger partial charge >= 0.3 is 0 Å². The van der Waals surface area contributed by atoms with E-state index in [1.54, 1.807) is 18.2 Å². The molecule has 24 rings (SSSR count). The molecule has 20 aromatic carbocycles. The molecule has 0 N–H and O–H groups in total. The van der Waals surface area contributed by atoms with Crippen molar-refractivity contribution < 1.29 is 27.4 Å². The predicted octanol–water partition coefficient (Wildman–Crippen LogP) is 34.5. The van der Waals surface area contributed by atoms with Crippen LogP contribution in [0.1, 0.15) is 77.4 Å². The van der Waals surface area contributed by atoms with Gasteiger partial charge in [0.05, 0.1) is 49.5 Å². The molecule has 130 heavy (non-hydrogen) atoms. The summed E-state index contributed by atoms with van der Waals surface area (Å²) in [6.07, 6.45) is 0. The number of aromatic nitrogens is 2. The maximum absolute atomic E-state index is 9.90. The zero-order chi connectivity index (χ0) is 104. The summed E-state index contributed by atoms with van der Waals surface area (Å²) in [6.45, 7) is 8.55. The molecule has 2 aliphatic carbocycles. The van der Waals surface area contributed by atoms with Gasteiger partial charge in [0.25, 0.3) is 0 Å². The molecular formula is C126H92N4. The molecule has 0 atom stereocenters. The highest BCUT2D eigenvalue weighted by atomic mass is 15.1. The summed E-state index contributed by atoms with van der Waals surface area (Å²) < 4.78 is 191. The maximum atomic E-state index is 9.90. The average molecular weight is 1680 g/mol. The molecule has 616 valence electrons. The summed E-state index contributed by atoms with van der Waals surface area (Å²) in [7, 11) is 0. The van der Waals surface area contributed by atoms with Crippen LogP contribution in [0.25, 0.3) is 166 Å². The summed E-state index contributed by atoms with van der Waals surface area (Å²) in [6, 6.07) is 110. The predicted molar refractivity (Wildman–Crippen MR) is 550 cm³/mol. The Balaban J connectivity index is 0.000000166. The van der Waals surface area contributed by atoms with Crippen LogP contribution in [0.4, 0.5) is 34.1 Å². The largest absolute Gasteiger partial charge is 0.310 e. The summed E-state index contributed by atoms with van der Waals surface area (Å²) in [4.78, 5) is 3.12. The van der Waals surface area contributed by atoms with E-state index < -0.39 is 124 Å². The molecule has 0 aliphatic heterocycles. The van der Waals surface area contributed by atoms with E-state index in [1.807, 2.05) is 170 Å². The van der Waals surface area contributed by atoms with Gasteiger partial charge in [-0.3, -0.25) is 0 Å². The number of anilines is 6. The first-order valence-electron chi connectivity index (χ1n) is 53.5. The first-order chi connectivity index (χ1) is 72.3. The van der Waals surface area contributed by atoms with Crippen LogP contribution in [0.15, 0.2) is 485 Å². The van der Waals surface area contributed by atoms with Gasteiger partial charge in [-0.25, -0.2) is 0 Å². The second-order valence-electron chi connectivity index (χ2n) is 33.9. The molecule has 0 saturated carbocycles. The number of benzene rings is 20. The monoisotopic (exact) mass is 1680 g/mol. The van der Waals surface area contributed by atoms with Gasteiger partial charge in [0.1, 0.15) is 0 Å². The van der Waals surface area contributed by atoms with Gasteiger partial charge in [-0.2, -0.15) is 0 Å². The Kier molecular flexibility index (Phi) is 14.9. The summed E-state index contributed by atoms with van der Waals surface area (Å²) in [5, 5.41) is 3.68. The van der Waals surface area contributed by atoms with Crippen LogP contribution in [-0.2, 0) is 10.8 Å². The highest BCUT2D eigenvalue weighted by Crippen LogP contribution is 2.54. The van der Waals surface area contributed by atoms with Crippen molar-refractivity contribution >= 4 is 77.7 Å². The van der Waals surface area contributed by atoms with E-state index in [4.69, 9.17) is 11.0 Å². The van der Waals surface area contributed by atoms with Crippen LogP contribution in [0.5, 0.6) is 0 Å². The lowest BCUT2D eigenvalue weighted by molar-refractivity contribution is 0.660. The van der Waals surface area contributed by atoms with Crippen molar-refractivity contribution in [2.75, 3.05) is 9.80 Å². The molecule has 0 saturated heterocycles. The third-order valence-corrected chi connectivity index (χ3v) is 25.7. The maximum Gasteiger partial charge on any atom is 0.0645 e. The summed E-state index contributed by atoms with van der Waals surface area (Å²) >= 11 is 0. The van der Waals surface area contributed by atoms with Gasteiger partial charge in [-0.1, -0.05) is 379 Å². The third-order valence-electron chi connectivity index (χ3n) is 25.7. The highest BCUT2D eigenvalue weighted by Gasteiger charge is 2.38. The van der Waals surface area contributed by atoms with E-state index in [9.17, 15) is 16.4 Å². The molecule has 4 nitrogen and oxygen atoms in total. The second kappa shape index (κ2) is 32.5. The van der Waals surface area contributed by atoms with Gasteiger partial charge in [0.2, 0.25) is 0 Å². The first kappa shape index (κ1) is 59.5. The van der Waals surface area contributed by atoms with Crippen molar-refractivity contribution in [1.29, 1.82) is 0 Å². The first-order valence-corrected chi connectivity index (χ1v) is 43.5. The Hall–Kier alpha value is -16.4. The molecule has 0 unspecified atom stereocenters. The van der Waals surface area contributed by atoms with Crippen molar-refractivity contribution in [3.8, 4) is 123 Å². The molecule has 2 heterocycles. The fraction of sp³-hybridized carbons (Fsp3) is 0.0476. The molecule has 2 aromatic heterocycles. The van der Waals surface area contributed by atoms with E-state index >= 15 is 0 Å². The van der Waals surface area contributed by atoms with Gasteiger partial charge in [-0.05, 0) is 267 Å². The Morgan fingerprint density at radius 2 is 0.523 bits per heavy atom. The lowest BCUT2D eigenvalue weighted by atomic mass is 9.82. The molecule has 0 spiro atoms. The van der Waals surface area contributed by atoms with Crippen LogP contribution in [0.2, 0.25) is 0 Å². The minimum absolute atomic E-state index is 0.0221. The minimum Gasteiger partial charge on any atom is -0.310 e. The van der Waals surface area contributed by atoms with Crippen LogP contribution < -0.4 is 9.80 Å². The molecule has 0 radical (unpaired) electrons. The fourth-order valence-corrected chi connectivity index (χ4v) is 19.3. The van der Waals surface area contributed by atoms with E-state index in [2.05, 4.69) is 211 Å². The van der Waals surface area contributed by atoms with Crippen molar-refractivity contribution in [3.05, 3.63) is 507 Å². The van der Waals surface area contributed by atoms with E-state index in [-0.39, 0.29) is 63.3 Å². The number of para-hydroxylation sites is 2. The zero-order valence-corrected chi connectivity index (χ0v) is 71.4. The minimum atomic E-state index is -0.796. The molecule has 22 aromatic rings. The number of rotatable bonds is 16. The van der Waals surface area contributed by atoms with E-state index in [1.165, 1.54) is 16.0 Å². The van der Waals surface area contributed by atoms with Crippen LogP contribution >= 0.6 is 0 Å².